The Bertz CT molecular complexity index is 521. The van der Waals surface area contributed by atoms with Crippen molar-refractivity contribution in [1.29, 1.82) is 0 Å². The van der Waals surface area contributed by atoms with Gasteiger partial charge in [0.15, 0.2) is 0 Å². The summed E-state index contributed by atoms with van der Waals surface area (Å²) in [7, 11) is 0. The minimum absolute atomic E-state index is 0.569. The van der Waals surface area contributed by atoms with Crippen LogP contribution in [0.25, 0.3) is 10.9 Å². The molecule has 0 aliphatic heterocycles. The van der Waals surface area contributed by atoms with E-state index in [1.165, 1.54) is 23.8 Å². The van der Waals surface area contributed by atoms with Crippen LogP contribution in [0.2, 0.25) is 0 Å². The number of benzene rings is 1. The Hall–Kier alpha value is -1.41. The second-order valence-electron chi connectivity index (χ2n) is 5.45. The molecule has 2 unspecified atom stereocenters. The fourth-order valence-corrected chi connectivity index (χ4v) is 2.54. The monoisotopic (exact) mass is 256 g/mol. The van der Waals surface area contributed by atoms with Gasteiger partial charge in [0.25, 0.3) is 0 Å². The van der Waals surface area contributed by atoms with Gasteiger partial charge in [0, 0.05) is 17.6 Å². The van der Waals surface area contributed by atoms with Crippen LogP contribution in [-0.2, 0) is 0 Å². The third kappa shape index (κ3) is 3.77. The quantitative estimate of drug-likeness (QED) is 0.841. The number of hydrogen-bond donors (Lipinski definition) is 1. The molecular weight excluding hydrogens is 232 g/mol. The van der Waals surface area contributed by atoms with E-state index in [2.05, 4.69) is 55.3 Å². The molecule has 0 amide bonds. The SMILES string of the molecule is CCCNC(C)CC(C)c1ccc2ncccc2c1. The molecule has 0 bridgehead atoms. The molecule has 0 aliphatic carbocycles. The van der Waals surface area contributed by atoms with E-state index < -0.39 is 0 Å². The van der Waals surface area contributed by atoms with Gasteiger partial charge in [0.05, 0.1) is 5.52 Å². The van der Waals surface area contributed by atoms with Crippen LogP contribution in [0.4, 0.5) is 0 Å². The zero-order valence-corrected chi connectivity index (χ0v) is 12.2. The summed E-state index contributed by atoms with van der Waals surface area (Å²) in [5.41, 5.74) is 2.49. The van der Waals surface area contributed by atoms with Crippen molar-refractivity contribution in [3.05, 3.63) is 42.1 Å². The number of hydrogen-bond acceptors (Lipinski definition) is 2. The minimum Gasteiger partial charge on any atom is -0.314 e. The molecule has 1 heterocycles. The summed E-state index contributed by atoms with van der Waals surface area (Å²) in [6.07, 6.45) is 4.22. The molecule has 0 spiro atoms. The molecule has 0 saturated heterocycles. The first-order valence-corrected chi connectivity index (χ1v) is 7.28. The highest BCUT2D eigenvalue weighted by atomic mass is 14.9. The molecule has 0 aliphatic rings. The highest BCUT2D eigenvalue weighted by molar-refractivity contribution is 5.79. The second-order valence-corrected chi connectivity index (χ2v) is 5.45. The Morgan fingerprint density at radius 2 is 2.05 bits per heavy atom. The van der Waals surface area contributed by atoms with Gasteiger partial charge in [-0.2, -0.15) is 0 Å². The molecule has 2 heteroatoms. The molecule has 102 valence electrons. The molecular formula is C17H24N2. The predicted molar refractivity (Wildman–Crippen MR) is 82.5 cm³/mol. The zero-order valence-electron chi connectivity index (χ0n) is 12.2. The van der Waals surface area contributed by atoms with Crippen molar-refractivity contribution in [3.8, 4) is 0 Å². The van der Waals surface area contributed by atoms with Crippen molar-refractivity contribution in [2.75, 3.05) is 6.54 Å². The van der Waals surface area contributed by atoms with Crippen LogP contribution in [0.15, 0.2) is 36.5 Å². The first-order valence-electron chi connectivity index (χ1n) is 7.28. The van der Waals surface area contributed by atoms with Crippen LogP contribution < -0.4 is 5.32 Å². The van der Waals surface area contributed by atoms with Crippen molar-refractivity contribution in [1.82, 2.24) is 10.3 Å². The van der Waals surface area contributed by atoms with Gasteiger partial charge in [-0.1, -0.05) is 26.0 Å². The summed E-state index contributed by atoms with van der Waals surface area (Å²) in [6.45, 7) is 7.89. The molecule has 1 aromatic heterocycles. The average molecular weight is 256 g/mol. The van der Waals surface area contributed by atoms with E-state index in [1.807, 2.05) is 12.3 Å². The number of pyridine rings is 1. The first-order chi connectivity index (χ1) is 9.20. The Morgan fingerprint density at radius 1 is 1.21 bits per heavy atom. The molecule has 2 atom stereocenters. The highest BCUT2D eigenvalue weighted by Gasteiger charge is 2.10. The van der Waals surface area contributed by atoms with Crippen molar-refractivity contribution < 1.29 is 0 Å². The van der Waals surface area contributed by atoms with Crippen LogP contribution in [0.5, 0.6) is 0 Å². The highest BCUT2D eigenvalue weighted by Crippen LogP contribution is 2.24. The smallest absolute Gasteiger partial charge is 0.0702 e. The molecule has 1 aromatic carbocycles. The van der Waals surface area contributed by atoms with E-state index in [1.54, 1.807) is 0 Å². The topological polar surface area (TPSA) is 24.9 Å². The van der Waals surface area contributed by atoms with E-state index in [-0.39, 0.29) is 0 Å². The van der Waals surface area contributed by atoms with Gasteiger partial charge in [0.1, 0.15) is 0 Å². The van der Waals surface area contributed by atoms with Crippen LogP contribution >= 0.6 is 0 Å². The lowest BCUT2D eigenvalue weighted by atomic mass is 9.93. The minimum atomic E-state index is 0.569. The number of aromatic nitrogens is 1. The lowest BCUT2D eigenvalue weighted by Crippen LogP contribution is -2.27. The van der Waals surface area contributed by atoms with E-state index >= 15 is 0 Å². The van der Waals surface area contributed by atoms with Crippen LogP contribution in [0.1, 0.15) is 45.1 Å². The van der Waals surface area contributed by atoms with Crippen molar-refractivity contribution in [3.63, 3.8) is 0 Å². The van der Waals surface area contributed by atoms with E-state index in [9.17, 15) is 0 Å². The number of nitrogens with zero attached hydrogens (tertiary/aromatic N) is 1. The maximum absolute atomic E-state index is 4.37. The number of fused-ring (bicyclic) bond motifs is 1. The van der Waals surface area contributed by atoms with Crippen LogP contribution in [-0.4, -0.2) is 17.6 Å². The maximum Gasteiger partial charge on any atom is 0.0702 e. The average Bonchev–Trinajstić information content (AvgIpc) is 2.44. The molecule has 0 fully saturated rings. The van der Waals surface area contributed by atoms with E-state index in [0.29, 0.717) is 12.0 Å². The molecule has 0 saturated carbocycles. The Morgan fingerprint density at radius 3 is 2.84 bits per heavy atom. The van der Waals surface area contributed by atoms with Gasteiger partial charge in [-0.25, -0.2) is 0 Å². The zero-order chi connectivity index (χ0) is 13.7. The predicted octanol–water partition coefficient (Wildman–Crippen LogP) is 4.12. The molecule has 2 aromatic rings. The van der Waals surface area contributed by atoms with Gasteiger partial charge < -0.3 is 5.32 Å². The fraction of sp³-hybridized carbons (Fsp3) is 0.471. The van der Waals surface area contributed by atoms with Gasteiger partial charge in [-0.15, -0.1) is 0 Å². The number of nitrogens with one attached hydrogen (secondary N) is 1. The summed E-state index contributed by atoms with van der Waals surface area (Å²) < 4.78 is 0. The fourth-order valence-electron chi connectivity index (χ4n) is 2.54. The lowest BCUT2D eigenvalue weighted by molar-refractivity contribution is 0.479. The lowest BCUT2D eigenvalue weighted by Gasteiger charge is -2.19. The largest absolute Gasteiger partial charge is 0.314 e. The summed E-state index contributed by atoms with van der Waals surface area (Å²) in [4.78, 5) is 4.37. The maximum atomic E-state index is 4.37. The van der Waals surface area contributed by atoms with Crippen LogP contribution in [0.3, 0.4) is 0 Å². The summed E-state index contributed by atoms with van der Waals surface area (Å²) in [6, 6.07) is 11.3. The molecule has 2 nitrogen and oxygen atoms in total. The summed E-state index contributed by atoms with van der Waals surface area (Å²) in [5, 5.41) is 4.79. The normalized spacial score (nSPS) is 14.5. The Kier molecular flexibility index (Phi) is 4.92. The van der Waals surface area contributed by atoms with Gasteiger partial charge in [-0.05, 0) is 56.0 Å². The molecule has 19 heavy (non-hydrogen) atoms. The second kappa shape index (κ2) is 6.67. The van der Waals surface area contributed by atoms with Gasteiger partial charge in [0.2, 0.25) is 0 Å². The van der Waals surface area contributed by atoms with Crippen molar-refractivity contribution in [2.45, 2.75) is 45.6 Å². The standard InChI is InChI=1S/C17H24N2/c1-4-9-18-14(3)11-13(2)15-7-8-17-16(12-15)6-5-10-19-17/h5-8,10,12-14,18H,4,9,11H2,1-3H3. The van der Waals surface area contributed by atoms with Crippen molar-refractivity contribution in [2.24, 2.45) is 0 Å². The first kappa shape index (κ1) is 14.0. The number of rotatable bonds is 6. The van der Waals surface area contributed by atoms with Crippen LogP contribution in [0, 0.1) is 0 Å². The van der Waals surface area contributed by atoms with E-state index in [4.69, 9.17) is 0 Å². The molecule has 0 radical (unpaired) electrons. The van der Waals surface area contributed by atoms with Crippen molar-refractivity contribution >= 4 is 10.9 Å². The van der Waals surface area contributed by atoms with Gasteiger partial charge in [-0.3, -0.25) is 4.98 Å². The third-order valence-electron chi connectivity index (χ3n) is 3.65. The van der Waals surface area contributed by atoms with Gasteiger partial charge >= 0.3 is 0 Å². The Labute approximate surface area is 116 Å². The Balaban J connectivity index is 2.06. The summed E-state index contributed by atoms with van der Waals surface area (Å²) >= 11 is 0. The molecule has 1 N–H and O–H groups in total. The third-order valence-corrected chi connectivity index (χ3v) is 3.65. The summed E-state index contributed by atoms with van der Waals surface area (Å²) in [5.74, 6) is 0.573. The molecule has 2 rings (SSSR count). The van der Waals surface area contributed by atoms with E-state index in [0.717, 1.165) is 12.1 Å².